The summed E-state index contributed by atoms with van der Waals surface area (Å²) in [6.45, 7) is 2.53. The maximum absolute atomic E-state index is 12.8. The van der Waals surface area contributed by atoms with Gasteiger partial charge < -0.3 is 47.7 Å². The van der Waals surface area contributed by atoms with Crippen molar-refractivity contribution in [3.8, 4) is 0 Å². The molecule has 10 heteroatoms. The van der Waals surface area contributed by atoms with Crippen molar-refractivity contribution in [1.29, 1.82) is 0 Å². The average molecular weight is 971 g/mol. The van der Waals surface area contributed by atoms with Crippen LogP contribution >= 0.6 is 0 Å². The number of hydrogen-bond donors (Lipinski definition) is 1. The van der Waals surface area contributed by atoms with Gasteiger partial charge in [0.1, 0.15) is 48.8 Å². The maximum Gasteiger partial charge on any atom is 0.115 e. The zero-order valence-electron chi connectivity index (χ0n) is 40.7. The molecular weight excluding hydrogens is 905 g/mol. The van der Waals surface area contributed by atoms with Gasteiger partial charge in [0, 0.05) is 6.42 Å². The molecule has 10 atom stereocenters. The van der Waals surface area contributed by atoms with Crippen LogP contribution in [-0.2, 0) is 88.9 Å². The molecule has 0 radical (unpaired) electrons. The molecule has 7 aromatic rings. The molecule has 10 nitrogen and oxygen atoms in total. The van der Waals surface area contributed by atoms with Gasteiger partial charge in [-0.1, -0.05) is 212 Å². The van der Waals surface area contributed by atoms with Gasteiger partial charge in [-0.25, -0.2) is 0 Å². The van der Waals surface area contributed by atoms with E-state index in [4.69, 9.17) is 42.6 Å². The second-order valence-corrected chi connectivity index (χ2v) is 18.5. The Kier molecular flexibility index (Phi) is 19.3. The Bertz CT molecular complexity index is 2540. The summed E-state index contributed by atoms with van der Waals surface area (Å²) in [5.41, 5.74) is 7.03. The number of hydrogen-bond acceptors (Lipinski definition) is 10. The van der Waals surface area contributed by atoms with Crippen molar-refractivity contribution in [3.63, 3.8) is 0 Å². The molecule has 2 aliphatic rings. The lowest BCUT2D eigenvalue weighted by Gasteiger charge is -2.49. The Morgan fingerprint density at radius 2 is 0.528 bits per heavy atom. The van der Waals surface area contributed by atoms with E-state index in [9.17, 15) is 5.11 Å². The van der Waals surface area contributed by atoms with E-state index in [1.165, 1.54) is 0 Å². The number of ether oxygens (including phenoxy) is 9. The first kappa shape index (κ1) is 51.1. The second kappa shape index (κ2) is 27.3. The van der Waals surface area contributed by atoms with Crippen LogP contribution in [0.15, 0.2) is 212 Å². The third-order valence-corrected chi connectivity index (χ3v) is 13.2. The van der Waals surface area contributed by atoms with Crippen molar-refractivity contribution in [2.45, 2.75) is 114 Å². The second-order valence-electron chi connectivity index (χ2n) is 18.5. The first-order chi connectivity index (χ1) is 35.6. The Balaban J connectivity index is 1.06. The van der Waals surface area contributed by atoms with Crippen molar-refractivity contribution >= 4 is 0 Å². The fourth-order valence-electron chi connectivity index (χ4n) is 9.43. The summed E-state index contributed by atoms with van der Waals surface area (Å²) in [5, 5.41) is 12.8. The highest BCUT2D eigenvalue weighted by Gasteiger charge is 2.53. The van der Waals surface area contributed by atoms with Gasteiger partial charge in [-0.05, 0) is 38.9 Å². The third kappa shape index (κ3) is 14.9. The van der Waals surface area contributed by atoms with E-state index in [1.54, 1.807) is 0 Å². The van der Waals surface area contributed by atoms with Gasteiger partial charge >= 0.3 is 0 Å². The van der Waals surface area contributed by atoms with Crippen LogP contribution in [0.5, 0.6) is 0 Å². The molecule has 7 aromatic carbocycles. The van der Waals surface area contributed by atoms with Crippen LogP contribution in [-0.4, -0.2) is 79.4 Å². The minimum absolute atomic E-state index is 0.177. The summed E-state index contributed by atoms with van der Waals surface area (Å²) in [6.07, 6.45) is -7.20. The minimum Gasteiger partial charge on any atom is -0.388 e. The van der Waals surface area contributed by atoms with Gasteiger partial charge in [0.2, 0.25) is 0 Å². The predicted octanol–water partition coefficient (Wildman–Crippen LogP) is 10.6. The van der Waals surface area contributed by atoms with Crippen LogP contribution in [0, 0.1) is 0 Å². The topological polar surface area (TPSA) is 103 Å². The number of rotatable bonds is 25. The monoisotopic (exact) mass is 970 g/mol. The SMILES string of the molecule is O[C@@H]1[C@@H](OCc2ccccc2)[C@H](OCc2ccccc2)[C@@H](COCc2ccccc2)O[C@H]1C[C@H]1O[C@@H](COCc2ccccc2)[C@H](OCc2ccccc2)[C@@H](OCc2ccccc2)[C@@H]1OCc1ccccc1. The molecule has 9 rings (SSSR count). The largest absolute Gasteiger partial charge is 0.388 e. The molecule has 0 amide bonds. The normalized spacial score (nSPS) is 24.2. The molecule has 0 bridgehead atoms. The van der Waals surface area contributed by atoms with Crippen molar-refractivity contribution in [2.24, 2.45) is 0 Å². The quantitative estimate of drug-likeness (QED) is 0.0596. The van der Waals surface area contributed by atoms with Crippen molar-refractivity contribution < 1.29 is 47.7 Å². The summed E-state index contributed by atoms with van der Waals surface area (Å²) in [6, 6.07) is 70.4. The molecule has 0 saturated carbocycles. The fourth-order valence-corrected chi connectivity index (χ4v) is 9.43. The highest BCUT2D eigenvalue weighted by atomic mass is 16.6. The van der Waals surface area contributed by atoms with Crippen LogP contribution in [0.4, 0.5) is 0 Å². The number of benzene rings is 7. The van der Waals surface area contributed by atoms with E-state index < -0.39 is 61.0 Å². The molecular formula is C62H66O10. The summed E-state index contributed by atoms with van der Waals surface area (Å²) in [4.78, 5) is 0. The lowest BCUT2D eigenvalue weighted by atomic mass is 9.87. The van der Waals surface area contributed by atoms with Gasteiger partial charge in [0.25, 0.3) is 0 Å². The third-order valence-electron chi connectivity index (χ3n) is 13.2. The lowest BCUT2D eigenvalue weighted by molar-refractivity contribution is -0.294. The maximum atomic E-state index is 12.8. The van der Waals surface area contributed by atoms with Crippen LogP contribution in [0.3, 0.4) is 0 Å². The molecule has 2 heterocycles. The van der Waals surface area contributed by atoms with E-state index in [0.717, 1.165) is 38.9 Å². The number of aliphatic hydroxyl groups is 1. The Morgan fingerprint density at radius 1 is 0.278 bits per heavy atom. The first-order valence-electron chi connectivity index (χ1n) is 25.1. The zero-order valence-corrected chi connectivity index (χ0v) is 40.7. The molecule has 0 spiro atoms. The Hall–Kier alpha value is -5.86. The molecule has 72 heavy (non-hydrogen) atoms. The first-order valence-corrected chi connectivity index (χ1v) is 25.1. The standard InChI is InChI=1S/C62H66O10/c63-57-53(71-55(44-64-37-46-22-8-1-9-23-46)59(67-40-49-28-14-4-15-29-49)61(57)69-42-51-32-18-6-19-33-51)36-54-58(66-39-48-26-12-3-13-27-48)62(70-43-52-34-20-7-21-35-52)60(68-41-50-30-16-5-17-31-50)56(72-54)45-65-38-47-24-10-2-11-25-47/h1-35,53-63H,36-45H2/t53-,54+,55+,56-,57-,58+,59+,60-,61+,62-/m0/s1. The van der Waals surface area contributed by atoms with E-state index in [2.05, 4.69) is 12.1 Å². The van der Waals surface area contributed by atoms with E-state index >= 15 is 0 Å². The van der Waals surface area contributed by atoms with Gasteiger partial charge in [0.15, 0.2) is 0 Å². The molecule has 2 aliphatic heterocycles. The van der Waals surface area contributed by atoms with Crippen LogP contribution in [0.1, 0.15) is 45.4 Å². The van der Waals surface area contributed by atoms with E-state index in [0.29, 0.717) is 26.4 Å². The average Bonchev–Trinajstić information content (AvgIpc) is 3.44. The molecule has 0 aromatic heterocycles. The molecule has 2 fully saturated rings. The minimum atomic E-state index is -1.15. The summed E-state index contributed by atoms with van der Waals surface area (Å²) in [5.74, 6) is 0. The highest BCUT2D eigenvalue weighted by molar-refractivity contribution is 5.19. The van der Waals surface area contributed by atoms with E-state index in [1.807, 2.05) is 200 Å². The van der Waals surface area contributed by atoms with Gasteiger partial charge in [0.05, 0.1) is 71.7 Å². The Morgan fingerprint density at radius 3 is 0.861 bits per heavy atom. The van der Waals surface area contributed by atoms with Gasteiger partial charge in [-0.2, -0.15) is 0 Å². The van der Waals surface area contributed by atoms with Crippen molar-refractivity contribution in [3.05, 3.63) is 251 Å². The van der Waals surface area contributed by atoms with Crippen molar-refractivity contribution in [1.82, 2.24) is 0 Å². The molecule has 374 valence electrons. The van der Waals surface area contributed by atoms with Crippen LogP contribution in [0.2, 0.25) is 0 Å². The fraction of sp³-hybridized carbons (Fsp3) is 0.323. The summed E-state index contributed by atoms with van der Waals surface area (Å²) >= 11 is 0. The lowest BCUT2D eigenvalue weighted by Crippen LogP contribution is -2.64. The summed E-state index contributed by atoms with van der Waals surface area (Å²) in [7, 11) is 0. The smallest absolute Gasteiger partial charge is 0.115 e. The van der Waals surface area contributed by atoms with Gasteiger partial charge in [-0.3, -0.25) is 0 Å². The van der Waals surface area contributed by atoms with Crippen molar-refractivity contribution in [2.75, 3.05) is 13.2 Å². The van der Waals surface area contributed by atoms with Gasteiger partial charge in [-0.15, -0.1) is 0 Å². The molecule has 0 aliphatic carbocycles. The number of aliphatic hydroxyl groups excluding tert-OH is 1. The molecule has 2 saturated heterocycles. The van der Waals surface area contributed by atoms with E-state index in [-0.39, 0.29) is 39.5 Å². The molecule has 0 unspecified atom stereocenters. The summed E-state index contributed by atoms with van der Waals surface area (Å²) < 4.78 is 62.0. The predicted molar refractivity (Wildman–Crippen MR) is 275 cm³/mol. The zero-order chi connectivity index (χ0) is 49.0. The van der Waals surface area contributed by atoms with Crippen LogP contribution < -0.4 is 0 Å². The molecule has 1 N–H and O–H groups in total. The highest BCUT2D eigenvalue weighted by Crippen LogP contribution is 2.37. The van der Waals surface area contributed by atoms with Crippen LogP contribution in [0.25, 0.3) is 0 Å². The Labute approximate surface area is 424 Å².